The van der Waals surface area contributed by atoms with Crippen LogP contribution >= 0.6 is 0 Å². The second-order valence-electron chi connectivity index (χ2n) is 4.82. The number of benzene rings is 2. The Morgan fingerprint density at radius 3 is 2.39 bits per heavy atom. The molecule has 2 rings (SSSR count). The summed E-state index contributed by atoms with van der Waals surface area (Å²) in [6.45, 7) is 0. The molecular weight excluding hydrogens is 296 g/mol. The minimum Gasteiger partial charge on any atom is -0.493 e. The average Bonchev–Trinajstić information content (AvgIpc) is 2.54. The summed E-state index contributed by atoms with van der Waals surface area (Å²) in [4.78, 5) is 23.5. The van der Waals surface area contributed by atoms with Crippen molar-refractivity contribution >= 4 is 17.5 Å². The molecule has 6 nitrogen and oxygen atoms in total. The van der Waals surface area contributed by atoms with E-state index in [1.807, 2.05) is 0 Å². The zero-order valence-electron chi connectivity index (χ0n) is 13.0. The van der Waals surface area contributed by atoms with Crippen LogP contribution in [0.25, 0.3) is 0 Å². The first kappa shape index (κ1) is 16.4. The van der Waals surface area contributed by atoms with Crippen LogP contribution in [0.4, 0.5) is 5.69 Å². The molecule has 0 atom stereocenters. The van der Waals surface area contributed by atoms with Crippen LogP contribution in [0.3, 0.4) is 0 Å². The summed E-state index contributed by atoms with van der Waals surface area (Å²) < 4.78 is 10.4. The monoisotopic (exact) mass is 314 g/mol. The summed E-state index contributed by atoms with van der Waals surface area (Å²) in [7, 11) is 3.08. The fourth-order valence-electron chi connectivity index (χ4n) is 2.18. The summed E-state index contributed by atoms with van der Waals surface area (Å²) >= 11 is 0. The van der Waals surface area contributed by atoms with E-state index in [1.165, 1.54) is 7.11 Å². The van der Waals surface area contributed by atoms with Gasteiger partial charge >= 0.3 is 0 Å². The van der Waals surface area contributed by atoms with E-state index in [2.05, 4.69) is 5.32 Å². The van der Waals surface area contributed by atoms with Gasteiger partial charge in [0.05, 0.1) is 31.9 Å². The maximum Gasteiger partial charge on any atom is 0.250 e. The smallest absolute Gasteiger partial charge is 0.250 e. The largest absolute Gasteiger partial charge is 0.493 e. The van der Waals surface area contributed by atoms with Gasteiger partial charge in [-0.1, -0.05) is 18.2 Å². The zero-order valence-corrected chi connectivity index (χ0v) is 13.0. The summed E-state index contributed by atoms with van der Waals surface area (Å²) in [6, 6.07) is 11.8. The fraction of sp³-hybridized carbons (Fsp3) is 0.176. The van der Waals surface area contributed by atoms with E-state index in [9.17, 15) is 9.59 Å². The van der Waals surface area contributed by atoms with Gasteiger partial charge in [-0.05, 0) is 29.8 Å². The highest BCUT2D eigenvalue weighted by Crippen LogP contribution is 2.27. The molecular formula is C17H18N2O4. The van der Waals surface area contributed by atoms with Crippen molar-refractivity contribution < 1.29 is 19.1 Å². The van der Waals surface area contributed by atoms with E-state index in [0.717, 1.165) is 5.56 Å². The predicted octanol–water partition coefficient (Wildman–Crippen LogP) is 1.98. The highest BCUT2D eigenvalue weighted by atomic mass is 16.5. The normalized spacial score (nSPS) is 10.0. The molecule has 6 heteroatoms. The minimum absolute atomic E-state index is 0.132. The number of carbonyl (C=O) groups excluding carboxylic acids is 2. The molecule has 2 aromatic rings. The lowest BCUT2D eigenvalue weighted by molar-refractivity contribution is -0.115. The van der Waals surface area contributed by atoms with Gasteiger partial charge in [-0.25, -0.2) is 0 Å². The number of carbonyl (C=O) groups is 2. The Labute approximate surface area is 134 Å². The van der Waals surface area contributed by atoms with Crippen LogP contribution in [0.15, 0.2) is 42.5 Å². The van der Waals surface area contributed by atoms with Gasteiger partial charge in [0.25, 0.3) is 5.91 Å². The zero-order chi connectivity index (χ0) is 16.8. The van der Waals surface area contributed by atoms with Crippen molar-refractivity contribution in [3.05, 3.63) is 53.6 Å². The first-order valence-corrected chi connectivity index (χ1v) is 6.94. The van der Waals surface area contributed by atoms with Crippen LogP contribution < -0.4 is 20.5 Å². The maximum absolute atomic E-state index is 12.2. The molecule has 2 amide bonds. The first-order valence-electron chi connectivity index (χ1n) is 6.94. The van der Waals surface area contributed by atoms with Gasteiger partial charge in [0.2, 0.25) is 5.91 Å². The number of nitrogens with one attached hydrogen (secondary N) is 1. The SMILES string of the molecule is COc1ccc(CC(=O)Nc2ccccc2C(N)=O)cc1OC. The van der Waals surface area contributed by atoms with Gasteiger partial charge in [-0.3, -0.25) is 9.59 Å². The van der Waals surface area contributed by atoms with Crippen LogP contribution in [0.5, 0.6) is 11.5 Å². The number of hydrogen-bond donors (Lipinski definition) is 2. The lowest BCUT2D eigenvalue weighted by Crippen LogP contribution is -2.19. The molecule has 0 unspecified atom stereocenters. The van der Waals surface area contributed by atoms with Gasteiger partial charge in [-0.2, -0.15) is 0 Å². The van der Waals surface area contributed by atoms with E-state index in [4.69, 9.17) is 15.2 Å². The Balaban J connectivity index is 2.13. The lowest BCUT2D eigenvalue weighted by atomic mass is 10.1. The number of rotatable bonds is 6. The number of amides is 2. The Kier molecular flexibility index (Phi) is 5.19. The Morgan fingerprint density at radius 2 is 1.74 bits per heavy atom. The molecule has 0 aliphatic rings. The standard InChI is InChI=1S/C17H18N2O4/c1-22-14-8-7-11(9-15(14)23-2)10-16(20)19-13-6-4-3-5-12(13)17(18)21/h3-9H,10H2,1-2H3,(H2,18,21)(H,19,20). The number of nitrogens with two attached hydrogens (primary N) is 1. The third kappa shape index (κ3) is 4.00. The Morgan fingerprint density at radius 1 is 1.04 bits per heavy atom. The van der Waals surface area contributed by atoms with E-state index in [1.54, 1.807) is 49.6 Å². The molecule has 0 fully saturated rings. The van der Waals surface area contributed by atoms with Crippen LogP contribution in [-0.2, 0) is 11.2 Å². The van der Waals surface area contributed by atoms with E-state index < -0.39 is 5.91 Å². The summed E-state index contributed by atoms with van der Waals surface area (Å²) in [5, 5.41) is 2.69. The third-order valence-electron chi connectivity index (χ3n) is 3.28. The third-order valence-corrected chi connectivity index (χ3v) is 3.28. The van der Waals surface area contributed by atoms with Crippen molar-refractivity contribution in [2.75, 3.05) is 19.5 Å². The van der Waals surface area contributed by atoms with E-state index in [0.29, 0.717) is 17.2 Å². The molecule has 0 saturated heterocycles. The van der Waals surface area contributed by atoms with Gasteiger partial charge in [0, 0.05) is 0 Å². The topological polar surface area (TPSA) is 90.6 Å². The predicted molar refractivity (Wildman–Crippen MR) is 86.8 cm³/mol. The second kappa shape index (κ2) is 7.31. The lowest BCUT2D eigenvalue weighted by Gasteiger charge is -2.11. The minimum atomic E-state index is -0.591. The van der Waals surface area contributed by atoms with Gasteiger partial charge in [-0.15, -0.1) is 0 Å². The molecule has 120 valence electrons. The number of methoxy groups -OCH3 is 2. The van der Waals surface area contributed by atoms with Gasteiger partial charge in [0.15, 0.2) is 11.5 Å². The molecule has 0 heterocycles. The number of ether oxygens (including phenoxy) is 2. The van der Waals surface area contributed by atoms with E-state index in [-0.39, 0.29) is 17.9 Å². The number of hydrogen-bond acceptors (Lipinski definition) is 4. The molecule has 0 aromatic heterocycles. The highest BCUT2D eigenvalue weighted by Gasteiger charge is 2.12. The van der Waals surface area contributed by atoms with Crippen LogP contribution in [0.1, 0.15) is 15.9 Å². The maximum atomic E-state index is 12.2. The van der Waals surface area contributed by atoms with Crippen LogP contribution in [0, 0.1) is 0 Å². The summed E-state index contributed by atoms with van der Waals surface area (Å²) in [5.41, 5.74) is 6.72. The second-order valence-corrected chi connectivity index (χ2v) is 4.82. The molecule has 23 heavy (non-hydrogen) atoms. The molecule has 0 bridgehead atoms. The highest BCUT2D eigenvalue weighted by molar-refractivity contribution is 6.03. The number of primary amides is 1. The molecule has 0 spiro atoms. The molecule has 0 aliphatic carbocycles. The van der Waals surface area contributed by atoms with Gasteiger partial charge in [0.1, 0.15) is 0 Å². The molecule has 0 aliphatic heterocycles. The van der Waals surface area contributed by atoms with Crippen molar-refractivity contribution in [2.24, 2.45) is 5.73 Å². The quantitative estimate of drug-likeness (QED) is 0.853. The van der Waals surface area contributed by atoms with Crippen molar-refractivity contribution in [2.45, 2.75) is 6.42 Å². The van der Waals surface area contributed by atoms with Crippen LogP contribution in [-0.4, -0.2) is 26.0 Å². The molecule has 0 radical (unpaired) electrons. The van der Waals surface area contributed by atoms with Crippen molar-refractivity contribution in [1.29, 1.82) is 0 Å². The number of para-hydroxylation sites is 1. The van der Waals surface area contributed by atoms with E-state index >= 15 is 0 Å². The molecule has 0 saturated carbocycles. The summed E-state index contributed by atoms with van der Waals surface area (Å²) in [6.07, 6.45) is 0.132. The van der Waals surface area contributed by atoms with Crippen molar-refractivity contribution in [1.82, 2.24) is 0 Å². The summed E-state index contributed by atoms with van der Waals surface area (Å²) in [5.74, 6) is 0.295. The van der Waals surface area contributed by atoms with Crippen molar-refractivity contribution in [3.63, 3.8) is 0 Å². The Hall–Kier alpha value is -3.02. The Bertz CT molecular complexity index is 728. The molecule has 3 N–H and O–H groups in total. The first-order chi connectivity index (χ1) is 11.0. The fourth-order valence-corrected chi connectivity index (χ4v) is 2.18. The molecule has 2 aromatic carbocycles. The average molecular weight is 314 g/mol. The van der Waals surface area contributed by atoms with Gasteiger partial charge < -0.3 is 20.5 Å². The van der Waals surface area contributed by atoms with Crippen molar-refractivity contribution in [3.8, 4) is 11.5 Å². The number of anilines is 1. The van der Waals surface area contributed by atoms with Crippen LogP contribution in [0.2, 0.25) is 0 Å².